The Kier molecular flexibility index (Phi) is 6.24. The molecule has 1 unspecified atom stereocenters. The Balaban J connectivity index is 3.35. The van der Waals surface area contributed by atoms with Crippen LogP contribution in [0.4, 0.5) is 23.2 Å². The molecule has 1 aromatic rings. The van der Waals surface area contributed by atoms with Crippen molar-refractivity contribution >= 4 is 5.69 Å². The van der Waals surface area contributed by atoms with Crippen LogP contribution in [0.2, 0.25) is 0 Å². The van der Waals surface area contributed by atoms with Crippen LogP contribution >= 0.6 is 0 Å². The quantitative estimate of drug-likeness (QED) is 0.112. The highest BCUT2D eigenvalue weighted by Gasteiger charge is 2.28. The van der Waals surface area contributed by atoms with Gasteiger partial charge in [-0.15, -0.1) is 6.58 Å². The van der Waals surface area contributed by atoms with Crippen LogP contribution in [0.15, 0.2) is 17.8 Å². The van der Waals surface area contributed by atoms with Gasteiger partial charge in [-0.2, -0.15) is 0 Å². The van der Waals surface area contributed by atoms with Crippen molar-refractivity contribution in [2.75, 3.05) is 0 Å². The molecule has 0 saturated heterocycles. The molecule has 0 aliphatic heterocycles. The summed E-state index contributed by atoms with van der Waals surface area (Å²) in [7, 11) is 0. The molecule has 0 bridgehead atoms. The summed E-state index contributed by atoms with van der Waals surface area (Å²) in [6, 6.07) is 0. The van der Waals surface area contributed by atoms with E-state index in [0.717, 1.165) is 12.8 Å². The predicted octanol–water partition coefficient (Wildman–Crippen LogP) is 6.03. The fourth-order valence-corrected chi connectivity index (χ4v) is 2.09. The monoisotopic (exact) mass is 301 g/mol. The maximum absolute atomic E-state index is 14.0. The Morgan fingerprint density at radius 2 is 1.71 bits per heavy atom. The van der Waals surface area contributed by atoms with E-state index < -0.39 is 40.4 Å². The standard InChI is InChI=1S/C14H15F4N3/c1-3-5-6-7-8(4-2)9-10(15)12(17)14(20-21-19)13(18)11(9)16/h4,8H,2-3,5-7H2,1H3. The van der Waals surface area contributed by atoms with Gasteiger partial charge in [0, 0.05) is 16.4 Å². The predicted molar refractivity (Wildman–Crippen MR) is 72.2 cm³/mol. The van der Waals surface area contributed by atoms with Crippen molar-refractivity contribution in [2.24, 2.45) is 5.11 Å². The van der Waals surface area contributed by atoms with E-state index in [4.69, 9.17) is 5.53 Å². The molecule has 0 fully saturated rings. The SMILES string of the molecule is C=CC(CCCCC)c1c(F)c(F)c(N=[N+]=[N-])c(F)c1F. The molecule has 1 atom stereocenters. The first-order valence-corrected chi connectivity index (χ1v) is 6.53. The van der Waals surface area contributed by atoms with Crippen LogP contribution in [0.1, 0.15) is 44.1 Å². The van der Waals surface area contributed by atoms with Crippen molar-refractivity contribution in [2.45, 2.75) is 38.5 Å². The lowest BCUT2D eigenvalue weighted by molar-refractivity contribution is 0.431. The summed E-state index contributed by atoms with van der Waals surface area (Å²) < 4.78 is 55.3. The van der Waals surface area contributed by atoms with Crippen molar-refractivity contribution in [1.82, 2.24) is 0 Å². The zero-order valence-corrected chi connectivity index (χ0v) is 11.5. The van der Waals surface area contributed by atoms with Gasteiger partial charge in [-0.1, -0.05) is 37.4 Å². The first kappa shape index (κ1) is 17.0. The Labute approximate surface area is 119 Å². The van der Waals surface area contributed by atoms with Crippen LogP contribution < -0.4 is 0 Å². The van der Waals surface area contributed by atoms with E-state index >= 15 is 0 Å². The number of nitrogens with zero attached hydrogens (tertiary/aromatic N) is 3. The van der Waals surface area contributed by atoms with Gasteiger partial charge in [-0.3, -0.25) is 0 Å². The van der Waals surface area contributed by atoms with Crippen molar-refractivity contribution in [3.63, 3.8) is 0 Å². The Morgan fingerprint density at radius 3 is 2.14 bits per heavy atom. The second-order valence-corrected chi connectivity index (χ2v) is 4.55. The highest BCUT2D eigenvalue weighted by molar-refractivity contribution is 5.46. The molecule has 0 aliphatic carbocycles. The topological polar surface area (TPSA) is 48.8 Å². The van der Waals surface area contributed by atoms with Gasteiger partial charge in [0.05, 0.1) is 0 Å². The number of benzene rings is 1. The van der Waals surface area contributed by atoms with E-state index in [1.807, 2.05) is 6.92 Å². The summed E-state index contributed by atoms with van der Waals surface area (Å²) in [5, 5.41) is 2.65. The number of hydrogen-bond acceptors (Lipinski definition) is 1. The molecule has 0 amide bonds. The summed E-state index contributed by atoms with van der Waals surface area (Å²) in [6.07, 6.45) is 3.95. The highest BCUT2D eigenvalue weighted by Crippen LogP contribution is 2.36. The number of hydrogen-bond donors (Lipinski definition) is 0. The Hall–Kier alpha value is -2.01. The van der Waals surface area contributed by atoms with Crippen molar-refractivity contribution in [3.8, 4) is 0 Å². The van der Waals surface area contributed by atoms with Gasteiger partial charge < -0.3 is 0 Å². The van der Waals surface area contributed by atoms with Gasteiger partial charge in [0.15, 0.2) is 23.3 Å². The second kappa shape index (κ2) is 7.69. The Morgan fingerprint density at radius 1 is 1.14 bits per heavy atom. The first-order chi connectivity index (χ1) is 9.99. The zero-order valence-electron chi connectivity index (χ0n) is 11.5. The smallest absolute Gasteiger partial charge is 0.171 e. The molecule has 0 aliphatic rings. The molecule has 0 saturated carbocycles. The fourth-order valence-electron chi connectivity index (χ4n) is 2.09. The summed E-state index contributed by atoms with van der Waals surface area (Å²) in [5.41, 5.74) is 6.17. The lowest BCUT2D eigenvalue weighted by atomic mass is 9.91. The molecule has 3 nitrogen and oxygen atoms in total. The van der Waals surface area contributed by atoms with Gasteiger partial charge >= 0.3 is 0 Å². The lowest BCUT2D eigenvalue weighted by Crippen LogP contribution is -2.08. The first-order valence-electron chi connectivity index (χ1n) is 6.53. The molecule has 0 spiro atoms. The third-order valence-electron chi connectivity index (χ3n) is 3.19. The number of allylic oxidation sites excluding steroid dienone is 1. The van der Waals surface area contributed by atoms with Crippen LogP contribution in [0.25, 0.3) is 10.4 Å². The average Bonchev–Trinajstić information content (AvgIpc) is 2.48. The molecule has 7 heteroatoms. The van der Waals surface area contributed by atoms with E-state index in [2.05, 4.69) is 16.6 Å². The summed E-state index contributed by atoms with van der Waals surface area (Å²) in [4.78, 5) is 2.16. The third kappa shape index (κ3) is 3.55. The summed E-state index contributed by atoms with van der Waals surface area (Å²) >= 11 is 0. The number of rotatable bonds is 7. The molecule has 0 heterocycles. The fraction of sp³-hybridized carbons (Fsp3) is 0.429. The third-order valence-corrected chi connectivity index (χ3v) is 3.19. The number of azide groups is 1. The largest absolute Gasteiger partial charge is 0.203 e. The van der Waals surface area contributed by atoms with Crippen LogP contribution in [0, 0.1) is 23.3 Å². The zero-order chi connectivity index (χ0) is 16.0. The average molecular weight is 301 g/mol. The van der Waals surface area contributed by atoms with Gasteiger partial charge in [-0.05, 0) is 12.0 Å². The van der Waals surface area contributed by atoms with Crippen molar-refractivity contribution < 1.29 is 17.6 Å². The number of halogens is 4. The van der Waals surface area contributed by atoms with E-state index in [1.165, 1.54) is 6.08 Å². The number of unbranched alkanes of at least 4 members (excludes halogenated alkanes) is 2. The summed E-state index contributed by atoms with van der Waals surface area (Å²) in [5.74, 6) is -7.32. The lowest BCUT2D eigenvalue weighted by Gasteiger charge is -2.16. The maximum Gasteiger partial charge on any atom is 0.171 e. The van der Waals surface area contributed by atoms with Gasteiger partial charge in [0.2, 0.25) is 0 Å². The minimum Gasteiger partial charge on any atom is -0.203 e. The van der Waals surface area contributed by atoms with Crippen LogP contribution in [-0.2, 0) is 0 Å². The maximum atomic E-state index is 14.0. The van der Waals surface area contributed by atoms with Crippen LogP contribution in [-0.4, -0.2) is 0 Å². The van der Waals surface area contributed by atoms with Crippen molar-refractivity contribution in [3.05, 3.63) is 51.9 Å². The van der Waals surface area contributed by atoms with Gasteiger partial charge in [0.1, 0.15) is 5.69 Å². The molecule has 21 heavy (non-hydrogen) atoms. The normalized spacial score (nSPS) is 11.9. The molecular formula is C14H15F4N3. The second-order valence-electron chi connectivity index (χ2n) is 4.55. The van der Waals surface area contributed by atoms with Crippen LogP contribution in [0.5, 0.6) is 0 Å². The van der Waals surface area contributed by atoms with Gasteiger partial charge in [0.25, 0.3) is 0 Å². The minimum atomic E-state index is -1.69. The van der Waals surface area contributed by atoms with E-state index in [-0.39, 0.29) is 0 Å². The molecule has 1 rings (SSSR count). The minimum absolute atomic E-state index is 0.324. The molecule has 114 valence electrons. The van der Waals surface area contributed by atoms with E-state index in [0.29, 0.717) is 12.8 Å². The molecule has 1 aromatic carbocycles. The molecule has 0 N–H and O–H groups in total. The van der Waals surface area contributed by atoms with Gasteiger partial charge in [-0.25, -0.2) is 17.6 Å². The highest BCUT2D eigenvalue weighted by atomic mass is 19.2. The molecule has 0 radical (unpaired) electrons. The molecular weight excluding hydrogens is 286 g/mol. The van der Waals surface area contributed by atoms with E-state index in [9.17, 15) is 17.6 Å². The Bertz CT molecular complexity index is 551. The summed E-state index contributed by atoms with van der Waals surface area (Å²) in [6.45, 7) is 5.41. The molecule has 0 aromatic heterocycles. The van der Waals surface area contributed by atoms with Crippen LogP contribution in [0.3, 0.4) is 0 Å². The van der Waals surface area contributed by atoms with E-state index in [1.54, 1.807) is 0 Å². The van der Waals surface area contributed by atoms with Crippen molar-refractivity contribution in [1.29, 1.82) is 0 Å².